The average molecular weight is 298 g/mol. The highest BCUT2D eigenvalue weighted by Gasteiger charge is 2.42. The summed E-state index contributed by atoms with van der Waals surface area (Å²) in [4.78, 5) is 5.22. The zero-order valence-electron chi connectivity index (χ0n) is 14.8. The molecule has 4 heteroatoms. The van der Waals surface area contributed by atoms with Gasteiger partial charge in [-0.15, -0.1) is 0 Å². The molecule has 0 radical (unpaired) electrons. The van der Waals surface area contributed by atoms with Crippen molar-refractivity contribution < 1.29 is 9.47 Å². The maximum atomic E-state index is 5.85. The number of rotatable bonds is 6. The van der Waals surface area contributed by atoms with E-state index < -0.39 is 0 Å². The van der Waals surface area contributed by atoms with Crippen LogP contribution in [0.3, 0.4) is 0 Å². The average Bonchev–Trinajstić information content (AvgIpc) is 2.85. The molecular formula is C17H34N2O2. The Morgan fingerprint density at radius 1 is 0.762 bits per heavy atom. The lowest BCUT2D eigenvalue weighted by molar-refractivity contribution is -0.0286. The second-order valence-electron chi connectivity index (χ2n) is 8.45. The number of fused-ring (bicyclic) bond motifs is 2. The van der Waals surface area contributed by atoms with Crippen LogP contribution in [-0.4, -0.2) is 72.5 Å². The van der Waals surface area contributed by atoms with Gasteiger partial charge in [0.05, 0.1) is 24.4 Å². The summed E-state index contributed by atoms with van der Waals surface area (Å²) < 4.78 is 11.7. The van der Waals surface area contributed by atoms with Crippen molar-refractivity contribution >= 4 is 0 Å². The lowest BCUT2D eigenvalue weighted by atomic mass is 10.2. The number of piperazine rings is 1. The summed E-state index contributed by atoms with van der Waals surface area (Å²) in [5, 5.41) is 0. The molecule has 0 saturated carbocycles. The third-order valence-electron chi connectivity index (χ3n) is 4.29. The number of ether oxygens (including phenoxy) is 2. The van der Waals surface area contributed by atoms with E-state index in [0.717, 1.165) is 38.4 Å². The SMILES string of the molecule is CC(C)(C)OCCN1C[C@@H]2C[C@H]1CN2CCOC(C)(C)C. The molecule has 2 atom stereocenters. The van der Waals surface area contributed by atoms with Crippen molar-refractivity contribution in [1.82, 2.24) is 9.80 Å². The molecule has 2 fully saturated rings. The summed E-state index contributed by atoms with van der Waals surface area (Å²) in [6.07, 6.45) is 1.32. The monoisotopic (exact) mass is 298 g/mol. The lowest BCUT2D eigenvalue weighted by Crippen LogP contribution is -2.48. The van der Waals surface area contributed by atoms with Crippen LogP contribution in [0.15, 0.2) is 0 Å². The Morgan fingerprint density at radius 2 is 1.14 bits per heavy atom. The normalized spacial score (nSPS) is 27.7. The molecule has 0 aliphatic carbocycles. The van der Waals surface area contributed by atoms with Crippen molar-refractivity contribution in [2.24, 2.45) is 0 Å². The molecular weight excluding hydrogens is 264 g/mol. The van der Waals surface area contributed by atoms with E-state index in [9.17, 15) is 0 Å². The lowest BCUT2D eigenvalue weighted by Gasteiger charge is -2.35. The van der Waals surface area contributed by atoms with Crippen molar-refractivity contribution in [2.45, 2.75) is 71.2 Å². The second-order valence-corrected chi connectivity index (χ2v) is 8.45. The Bertz CT molecular complexity index is 301. The molecule has 0 spiro atoms. The number of hydrogen-bond acceptors (Lipinski definition) is 4. The summed E-state index contributed by atoms with van der Waals surface area (Å²) in [5.41, 5.74) is -0.0376. The van der Waals surface area contributed by atoms with Crippen molar-refractivity contribution in [2.75, 3.05) is 39.4 Å². The van der Waals surface area contributed by atoms with E-state index in [1.165, 1.54) is 19.5 Å². The molecule has 0 amide bonds. The Kier molecular flexibility index (Phi) is 5.35. The van der Waals surface area contributed by atoms with Crippen LogP contribution < -0.4 is 0 Å². The molecule has 21 heavy (non-hydrogen) atoms. The van der Waals surface area contributed by atoms with Crippen LogP contribution in [0.4, 0.5) is 0 Å². The first-order chi connectivity index (χ1) is 9.64. The molecule has 2 bridgehead atoms. The fourth-order valence-corrected chi connectivity index (χ4v) is 3.32. The fraction of sp³-hybridized carbons (Fsp3) is 1.00. The van der Waals surface area contributed by atoms with Gasteiger partial charge in [-0.1, -0.05) is 0 Å². The van der Waals surface area contributed by atoms with Gasteiger partial charge in [0.15, 0.2) is 0 Å². The van der Waals surface area contributed by atoms with Crippen LogP contribution >= 0.6 is 0 Å². The summed E-state index contributed by atoms with van der Waals surface area (Å²) in [5.74, 6) is 0. The fourth-order valence-electron chi connectivity index (χ4n) is 3.32. The smallest absolute Gasteiger partial charge is 0.0600 e. The maximum Gasteiger partial charge on any atom is 0.0600 e. The van der Waals surface area contributed by atoms with E-state index in [1.807, 2.05) is 0 Å². The molecule has 4 nitrogen and oxygen atoms in total. The van der Waals surface area contributed by atoms with Crippen molar-refractivity contribution in [3.8, 4) is 0 Å². The first kappa shape index (κ1) is 17.2. The van der Waals surface area contributed by atoms with Crippen LogP contribution in [0.5, 0.6) is 0 Å². The second kappa shape index (κ2) is 6.53. The Hall–Kier alpha value is -0.160. The van der Waals surface area contributed by atoms with Gasteiger partial charge in [0.2, 0.25) is 0 Å². The maximum absolute atomic E-state index is 5.85. The molecule has 0 aromatic carbocycles. The molecule has 2 rings (SSSR count). The molecule has 0 unspecified atom stereocenters. The summed E-state index contributed by atoms with van der Waals surface area (Å²) in [7, 11) is 0. The van der Waals surface area contributed by atoms with E-state index in [1.54, 1.807) is 0 Å². The zero-order chi connectivity index (χ0) is 15.7. The molecule has 0 N–H and O–H groups in total. The molecule has 2 saturated heterocycles. The van der Waals surface area contributed by atoms with Crippen molar-refractivity contribution in [1.29, 1.82) is 0 Å². The van der Waals surface area contributed by atoms with Crippen LogP contribution in [0, 0.1) is 0 Å². The molecule has 2 heterocycles. The minimum atomic E-state index is -0.0188. The van der Waals surface area contributed by atoms with Crippen molar-refractivity contribution in [3.63, 3.8) is 0 Å². The van der Waals surface area contributed by atoms with Gasteiger partial charge in [0.1, 0.15) is 0 Å². The molecule has 2 aliphatic rings. The van der Waals surface area contributed by atoms with Crippen LogP contribution in [0.1, 0.15) is 48.0 Å². The van der Waals surface area contributed by atoms with Crippen molar-refractivity contribution in [3.05, 3.63) is 0 Å². The van der Waals surface area contributed by atoms with Gasteiger partial charge in [0.25, 0.3) is 0 Å². The Morgan fingerprint density at radius 3 is 1.43 bits per heavy atom. The highest BCUT2D eigenvalue weighted by Crippen LogP contribution is 2.30. The van der Waals surface area contributed by atoms with E-state index in [-0.39, 0.29) is 11.2 Å². The highest BCUT2D eigenvalue weighted by atomic mass is 16.5. The van der Waals surface area contributed by atoms with Gasteiger partial charge < -0.3 is 9.47 Å². The van der Waals surface area contributed by atoms with E-state index >= 15 is 0 Å². The first-order valence-electron chi connectivity index (χ1n) is 8.40. The van der Waals surface area contributed by atoms with Gasteiger partial charge in [0, 0.05) is 38.3 Å². The van der Waals surface area contributed by atoms with E-state index in [2.05, 4.69) is 51.3 Å². The zero-order valence-corrected chi connectivity index (χ0v) is 14.8. The quantitative estimate of drug-likeness (QED) is 0.752. The van der Waals surface area contributed by atoms with Crippen LogP contribution in [-0.2, 0) is 9.47 Å². The minimum absolute atomic E-state index is 0.0188. The van der Waals surface area contributed by atoms with Gasteiger partial charge in [-0.25, -0.2) is 0 Å². The van der Waals surface area contributed by atoms with E-state index in [4.69, 9.17) is 9.47 Å². The molecule has 124 valence electrons. The topological polar surface area (TPSA) is 24.9 Å². The van der Waals surface area contributed by atoms with Crippen LogP contribution in [0.25, 0.3) is 0 Å². The number of nitrogens with zero attached hydrogens (tertiary/aromatic N) is 2. The number of likely N-dealkylation sites (tertiary alicyclic amines) is 2. The standard InChI is InChI=1S/C17H34N2O2/c1-16(2,3)20-9-7-18-12-15-11-14(18)13-19(15)8-10-21-17(4,5)6/h14-15H,7-13H2,1-6H3/t14-,15-/m0/s1. The third kappa shape index (κ3) is 5.51. The first-order valence-corrected chi connectivity index (χ1v) is 8.40. The van der Waals surface area contributed by atoms with E-state index in [0.29, 0.717) is 0 Å². The number of hydrogen-bond donors (Lipinski definition) is 0. The van der Waals surface area contributed by atoms with Gasteiger partial charge in [-0.05, 0) is 48.0 Å². The van der Waals surface area contributed by atoms with Gasteiger partial charge in [-0.2, -0.15) is 0 Å². The minimum Gasteiger partial charge on any atom is -0.375 e. The predicted octanol–water partition coefficient (Wildman–Crippen LogP) is 2.38. The summed E-state index contributed by atoms with van der Waals surface area (Å²) in [6, 6.07) is 1.46. The van der Waals surface area contributed by atoms with Gasteiger partial charge >= 0.3 is 0 Å². The Balaban J connectivity index is 1.65. The summed E-state index contributed by atoms with van der Waals surface area (Å²) >= 11 is 0. The Labute approximate surface area is 130 Å². The molecule has 0 aromatic rings. The van der Waals surface area contributed by atoms with Gasteiger partial charge in [-0.3, -0.25) is 9.80 Å². The van der Waals surface area contributed by atoms with Crippen LogP contribution in [0.2, 0.25) is 0 Å². The third-order valence-corrected chi connectivity index (χ3v) is 4.29. The summed E-state index contributed by atoms with van der Waals surface area (Å²) in [6.45, 7) is 19.0. The predicted molar refractivity (Wildman–Crippen MR) is 86.7 cm³/mol. The molecule has 2 aliphatic heterocycles. The largest absolute Gasteiger partial charge is 0.375 e. The molecule has 0 aromatic heterocycles. The highest BCUT2D eigenvalue weighted by molar-refractivity contribution is 4.99.